The summed E-state index contributed by atoms with van der Waals surface area (Å²) in [7, 11) is 0. The molecule has 1 atom stereocenters. The Hall–Kier alpha value is -2.13. The van der Waals surface area contributed by atoms with Crippen LogP contribution in [0.15, 0.2) is 48.8 Å². The van der Waals surface area contributed by atoms with Crippen molar-refractivity contribution in [3.63, 3.8) is 0 Å². The molecule has 1 aromatic carbocycles. The van der Waals surface area contributed by atoms with Gasteiger partial charge >= 0.3 is 0 Å². The number of para-hydroxylation sites is 1. The van der Waals surface area contributed by atoms with Gasteiger partial charge in [0.2, 0.25) is 0 Å². The first kappa shape index (κ1) is 12.6. The number of pyridine rings is 1. The van der Waals surface area contributed by atoms with Crippen LogP contribution in [0.2, 0.25) is 0 Å². The summed E-state index contributed by atoms with van der Waals surface area (Å²) in [6.07, 6.45) is 6.58. The molecule has 106 valence electrons. The topological polar surface area (TPSA) is 29.9 Å². The lowest BCUT2D eigenvalue weighted by atomic mass is 10.1. The summed E-state index contributed by atoms with van der Waals surface area (Å²) in [5, 5.41) is 4.85. The van der Waals surface area contributed by atoms with Gasteiger partial charge in [-0.05, 0) is 55.6 Å². The molecule has 0 unspecified atom stereocenters. The van der Waals surface area contributed by atoms with E-state index < -0.39 is 0 Å². The first-order valence-corrected chi connectivity index (χ1v) is 7.59. The summed E-state index contributed by atoms with van der Waals surface area (Å²) >= 11 is 0. The van der Waals surface area contributed by atoms with E-state index in [9.17, 15) is 0 Å². The molecule has 3 heteroatoms. The minimum Gasteiger partial charge on any atom is -0.310 e. The Morgan fingerprint density at radius 3 is 3.00 bits per heavy atom. The number of nitrogens with zero attached hydrogens (tertiary/aromatic N) is 2. The molecule has 1 N–H and O–H groups in total. The van der Waals surface area contributed by atoms with Gasteiger partial charge in [0.1, 0.15) is 5.82 Å². The van der Waals surface area contributed by atoms with Crippen molar-refractivity contribution in [3.8, 4) is 5.82 Å². The Kier molecular flexibility index (Phi) is 3.00. The highest BCUT2D eigenvalue weighted by Gasteiger charge is 2.17. The molecular weight excluding hydrogens is 258 g/mol. The summed E-state index contributed by atoms with van der Waals surface area (Å²) in [6, 6.07) is 13.3. The molecule has 0 aliphatic carbocycles. The second-order valence-electron chi connectivity index (χ2n) is 5.80. The molecule has 0 amide bonds. The van der Waals surface area contributed by atoms with E-state index in [-0.39, 0.29) is 0 Å². The molecule has 4 rings (SSSR count). The molecule has 3 aromatic rings. The highest BCUT2D eigenvalue weighted by molar-refractivity contribution is 5.85. The lowest BCUT2D eigenvalue weighted by molar-refractivity contribution is 0.646. The first-order chi connectivity index (χ1) is 10.3. The largest absolute Gasteiger partial charge is 0.310 e. The number of aryl methyl sites for hydroxylation is 1. The fraction of sp³-hybridized carbons (Fsp3) is 0.278. The second kappa shape index (κ2) is 5.01. The van der Waals surface area contributed by atoms with Crippen LogP contribution in [0.4, 0.5) is 0 Å². The lowest BCUT2D eigenvalue weighted by Gasteiger charge is -2.12. The number of benzene rings is 1. The molecule has 0 radical (unpaired) electrons. The summed E-state index contributed by atoms with van der Waals surface area (Å²) in [5.41, 5.74) is 3.85. The Bertz CT molecular complexity index is 782. The fourth-order valence-corrected chi connectivity index (χ4v) is 3.29. The third-order valence-corrected chi connectivity index (χ3v) is 4.39. The van der Waals surface area contributed by atoms with Crippen LogP contribution in [0.5, 0.6) is 0 Å². The lowest BCUT2D eigenvalue weighted by Crippen LogP contribution is -2.13. The quantitative estimate of drug-likeness (QED) is 0.773. The van der Waals surface area contributed by atoms with E-state index in [2.05, 4.69) is 64.4 Å². The maximum absolute atomic E-state index is 4.58. The SMILES string of the molecule is Cc1cn(-c2cc([C@@H]3CCCN3)ccn2)c2ccccc12. The summed E-state index contributed by atoms with van der Waals surface area (Å²) in [6.45, 7) is 3.27. The van der Waals surface area contributed by atoms with E-state index in [1.807, 2.05) is 6.20 Å². The van der Waals surface area contributed by atoms with Crippen LogP contribution >= 0.6 is 0 Å². The van der Waals surface area contributed by atoms with Gasteiger partial charge in [0.05, 0.1) is 5.52 Å². The van der Waals surface area contributed by atoms with Crippen molar-refractivity contribution in [2.75, 3.05) is 6.54 Å². The third kappa shape index (κ3) is 2.14. The fourth-order valence-electron chi connectivity index (χ4n) is 3.29. The zero-order valence-electron chi connectivity index (χ0n) is 12.2. The molecule has 3 nitrogen and oxygen atoms in total. The van der Waals surface area contributed by atoms with Crippen LogP contribution in [-0.2, 0) is 0 Å². The van der Waals surface area contributed by atoms with Crippen LogP contribution in [0, 0.1) is 6.92 Å². The van der Waals surface area contributed by atoms with Crippen LogP contribution in [0.3, 0.4) is 0 Å². The zero-order chi connectivity index (χ0) is 14.2. The summed E-state index contributed by atoms with van der Waals surface area (Å²) in [4.78, 5) is 4.58. The first-order valence-electron chi connectivity index (χ1n) is 7.59. The van der Waals surface area contributed by atoms with Crippen molar-refractivity contribution >= 4 is 10.9 Å². The average Bonchev–Trinajstić information content (AvgIpc) is 3.17. The number of aromatic nitrogens is 2. The van der Waals surface area contributed by atoms with E-state index >= 15 is 0 Å². The molecule has 2 aromatic heterocycles. The van der Waals surface area contributed by atoms with E-state index in [1.54, 1.807) is 0 Å². The second-order valence-corrected chi connectivity index (χ2v) is 5.80. The van der Waals surface area contributed by atoms with Gasteiger partial charge in [0, 0.05) is 23.8 Å². The number of rotatable bonds is 2. The molecule has 3 heterocycles. The molecule has 1 fully saturated rings. The molecule has 0 spiro atoms. The molecular formula is C18H19N3. The van der Waals surface area contributed by atoms with Gasteiger partial charge < -0.3 is 9.88 Å². The molecule has 0 bridgehead atoms. The predicted molar refractivity (Wildman–Crippen MR) is 85.8 cm³/mol. The van der Waals surface area contributed by atoms with Crippen molar-refractivity contribution in [1.29, 1.82) is 0 Å². The molecule has 1 saturated heterocycles. The van der Waals surface area contributed by atoms with E-state index in [0.29, 0.717) is 6.04 Å². The van der Waals surface area contributed by atoms with Crippen molar-refractivity contribution in [2.45, 2.75) is 25.8 Å². The minimum absolute atomic E-state index is 0.481. The monoisotopic (exact) mass is 277 g/mol. The highest BCUT2D eigenvalue weighted by atomic mass is 15.1. The van der Waals surface area contributed by atoms with Crippen LogP contribution in [0.25, 0.3) is 16.7 Å². The highest BCUT2D eigenvalue weighted by Crippen LogP contribution is 2.27. The normalized spacial score (nSPS) is 18.4. The van der Waals surface area contributed by atoms with Gasteiger partial charge in [-0.15, -0.1) is 0 Å². The van der Waals surface area contributed by atoms with E-state index in [1.165, 1.54) is 34.9 Å². The third-order valence-electron chi connectivity index (χ3n) is 4.39. The Labute approximate surface area is 124 Å². The minimum atomic E-state index is 0.481. The maximum atomic E-state index is 4.58. The van der Waals surface area contributed by atoms with Gasteiger partial charge in [-0.25, -0.2) is 4.98 Å². The predicted octanol–water partition coefficient (Wildman–Crippen LogP) is 3.76. The zero-order valence-corrected chi connectivity index (χ0v) is 12.2. The van der Waals surface area contributed by atoms with Crippen molar-refractivity contribution in [3.05, 3.63) is 59.9 Å². The van der Waals surface area contributed by atoms with Gasteiger partial charge in [0.15, 0.2) is 0 Å². The number of hydrogen-bond donors (Lipinski definition) is 1. The molecule has 0 saturated carbocycles. The molecule has 1 aliphatic heterocycles. The number of nitrogens with one attached hydrogen (secondary N) is 1. The van der Waals surface area contributed by atoms with E-state index in [4.69, 9.17) is 0 Å². The summed E-state index contributed by atoms with van der Waals surface area (Å²) < 4.78 is 2.20. The van der Waals surface area contributed by atoms with Gasteiger partial charge in [-0.3, -0.25) is 0 Å². The molecule has 21 heavy (non-hydrogen) atoms. The maximum Gasteiger partial charge on any atom is 0.137 e. The smallest absolute Gasteiger partial charge is 0.137 e. The Morgan fingerprint density at radius 2 is 2.14 bits per heavy atom. The van der Waals surface area contributed by atoms with Crippen LogP contribution in [-0.4, -0.2) is 16.1 Å². The van der Waals surface area contributed by atoms with Gasteiger partial charge in [-0.2, -0.15) is 0 Å². The number of hydrogen-bond acceptors (Lipinski definition) is 2. The Morgan fingerprint density at radius 1 is 1.24 bits per heavy atom. The summed E-state index contributed by atoms with van der Waals surface area (Å²) in [5.74, 6) is 1.01. The Balaban J connectivity index is 1.83. The molecule has 1 aliphatic rings. The van der Waals surface area contributed by atoms with Crippen molar-refractivity contribution in [1.82, 2.24) is 14.9 Å². The van der Waals surface area contributed by atoms with E-state index in [0.717, 1.165) is 12.4 Å². The van der Waals surface area contributed by atoms with Crippen LogP contribution < -0.4 is 5.32 Å². The van der Waals surface area contributed by atoms with Gasteiger partial charge in [-0.1, -0.05) is 18.2 Å². The van der Waals surface area contributed by atoms with Gasteiger partial charge in [0.25, 0.3) is 0 Å². The number of fused-ring (bicyclic) bond motifs is 1. The van der Waals surface area contributed by atoms with Crippen molar-refractivity contribution in [2.24, 2.45) is 0 Å². The van der Waals surface area contributed by atoms with Crippen molar-refractivity contribution < 1.29 is 0 Å². The average molecular weight is 277 g/mol. The standard InChI is InChI=1S/C18H19N3/c1-13-12-21(17-7-3-2-5-15(13)17)18-11-14(8-10-20-18)16-6-4-9-19-16/h2-3,5,7-8,10-12,16,19H,4,6,9H2,1H3/t16-/m0/s1. The van der Waals surface area contributed by atoms with Crippen LogP contribution in [0.1, 0.15) is 30.0 Å².